The summed E-state index contributed by atoms with van der Waals surface area (Å²) in [6.07, 6.45) is 1.22. The Morgan fingerprint density at radius 3 is 2.67 bits per heavy atom. The van der Waals surface area contributed by atoms with E-state index >= 15 is 0 Å². The predicted octanol–water partition coefficient (Wildman–Crippen LogP) is 2.12. The Bertz CT molecular complexity index is 422. The van der Waals surface area contributed by atoms with Gasteiger partial charge >= 0.3 is 0 Å². The van der Waals surface area contributed by atoms with Crippen LogP contribution in [0.2, 0.25) is 0 Å². The molecule has 1 fully saturated rings. The second kappa shape index (κ2) is 4.84. The molecule has 0 bridgehead atoms. The summed E-state index contributed by atoms with van der Waals surface area (Å²) in [5, 5.41) is 0. The number of hydrogen-bond acceptors (Lipinski definition) is 4. The van der Waals surface area contributed by atoms with E-state index in [-0.39, 0.29) is 0 Å². The summed E-state index contributed by atoms with van der Waals surface area (Å²) >= 11 is 0. The normalized spacial score (nSPS) is 20.5. The smallest absolute Gasteiger partial charge is 0.225 e. The van der Waals surface area contributed by atoms with Crippen molar-refractivity contribution >= 4 is 5.95 Å². The highest BCUT2D eigenvalue weighted by Crippen LogP contribution is 2.34. The van der Waals surface area contributed by atoms with Crippen molar-refractivity contribution in [2.75, 3.05) is 18.0 Å². The van der Waals surface area contributed by atoms with E-state index in [1.807, 2.05) is 13.0 Å². The van der Waals surface area contributed by atoms with Crippen molar-refractivity contribution in [2.45, 2.75) is 40.7 Å². The van der Waals surface area contributed by atoms with Crippen LogP contribution in [0.5, 0.6) is 0 Å². The molecule has 1 unspecified atom stereocenters. The van der Waals surface area contributed by atoms with Gasteiger partial charge in [0, 0.05) is 25.3 Å². The average molecular weight is 248 g/mol. The Balaban J connectivity index is 2.16. The fourth-order valence-corrected chi connectivity index (χ4v) is 2.51. The summed E-state index contributed by atoms with van der Waals surface area (Å²) in [6, 6.07) is 1.96. The number of aromatic nitrogens is 2. The summed E-state index contributed by atoms with van der Waals surface area (Å²) < 4.78 is 0. The molecular formula is C14H24N4. The number of nitrogens with two attached hydrogens (primary N) is 1. The third-order valence-corrected chi connectivity index (χ3v) is 3.80. The molecule has 18 heavy (non-hydrogen) atoms. The lowest BCUT2D eigenvalue weighted by atomic mass is 9.80. The SMILES string of the molecule is Cc1cc(CN)nc(N2CCC(C(C)(C)C)C2)n1. The van der Waals surface area contributed by atoms with Gasteiger partial charge in [-0.25, -0.2) is 9.97 Å². The number of aryl methyl sites for hydroxylation is 1. The summed E-state index contributed by atoms with van der Waals surface area (Å²) in [4.78, 5) is 11.4. The first-order valence-electron chi connectivity index (χ1n) is 6.69. The van der Waals surface area contributed by atoms with Crippen LogP contribution in [-0.4, -0.2) is 23.1 Å². The van der Waals surface area contributed by atoms with E-state index in [0.29, 0.717) is 17.9 Å². The van der Waals surface area contributed by atoms with E-state index in [9.17, 15) is 0 Å². The van der Waals surface area contributed by atoms with Gasteiger partial charge in [0.15, 0.2) is 0 Å². The zero-order valence-corrected chi connectivity index (χ0v) is 11.9. The summed E-state index contributed by atoms with van der Waals surface area (Å²) in [5.74, 6) is 1.56. The summed E-state index contributed by atoms with van der Waals surface area (Å²) in [5.41, 5.74) is 7.96. The van der Waals surface area contributed by atoms with Crippen LogP contribution in [0.25, 0.3) is 0 Å². The third kappa shape index (κ3) is 2.80. The standard InChI is InChI=1S/C14H24N4/c1-10-7-12(8-15)17-13(16-10)18-6-5-11(9-18)14(2,3)4/h7,11H,5-6,8-9,15H2,1-4H3. The molecule has 1 atom stereocenters. The van der Waals surface area contributed by atoms with Crippen molar-refractivity contribution in [3.05, 3.63) is 17.5 Å². The lowest BCUT2D eigenvalue weighted by Crippen LogP contribution is -2.27. The molecule has 1 aliphatic rings. The van der Waals surface area contributed by atoms with E-state index in [1.54, 1.807) is 0 Å². The average Bonchev–Trinajstić information content (AvgIpc) is 2.77. The maximum Gasteiger partial charge on any atom is 0.225 e. The zero-order chi connectivity index (χ0) is 13.3. The van der Waals surface area contributed by atoms with Crippen molar-refractivity contribution in [1.29, 1.82) is 0 Å². The summed E-state index contributed by atoms with van der Waals surface area (Å²) in [6.45, 7) is 11.5. The van der Waals surface area contributed by atoms with Crippen LogP contribution in [-0.2, 0) is 6.54 Å². The first-order chi connectivity index (χ1) is 8.40. The van der Waals surface area contributed by atoms with Crippen LogP contribution >= 0.6 is 0 Å². The van der Waals surface area contributed by atoms with Gasteiger partial charge in [-0.2, -0.15) is 0 Å². The first kappa shape index (κ1) is 13.3. The molecule has 0 spiro atoms. The van der Waals surface area contributed by atoms with Crippen LogP contribution in [0.15, 0.2) is 6.07 Å². The Hall–Kier alpha value is -1.16. The molecule has 2 heterocycles. The van der Waals surface area contributed by atoms with Crippen molar-refractivity contribution in [3.8, 4) is 0 Å². The van der Waals surface area contributed by atoms with E-state index in [1.165, 1.54) is 6.42 Å². The van der Waals surface area contributed by atoms with Crippen molar-refractivity contribution in [2.24, 2.45) is 17.1 Å². The zero-order valence-electron chi connectivity index (χ0n) is 11.9. The lowest BCUT2D eigenvalue weighted by molar-refractivity contribution is 0.263. The molecule has 1 aromatic rings. The minimum atomic E-state index is 0.356. The Labute approximate surface area is 110 Å². The van der Waals surface area contributed by atoms with E-state index in [0.717, 1.165) is 30.4 Å². The van der Waals surface area contributed by atoms with Crippen LogP contribution in [0.4, 0.5) is 5.95 Å². The summed E-state index contributed by atoms with van der Waals surface area (Å²) in [7, 11) is 0. The van der Waals surface area contributed by atoms with Gasteiger partial charge in [0.2, 0.25) is 5.95 Å². The highest BCUT2D eigenvalue weighted by atomic mass is 15.3. The van der Waals surface area contributed by atoms with Gasteiger partial charge < -0.3 is 10.6 Å². The van der Waals surface area contributed by atoms with E-state index in [2.05, 4.69) is 35.6 Å². The van der Waals surface area contributed by atoms with Crippen LogP contribution in [0, 0.1) is 18.3 Å². The second-order valence-electron chi connectivity index (χ2n) is 6.30. The largest absolute Gasteiger partial charge is 0.341 e. The number of nitrogens with zero attached hydrogens (tertiary/aromatic N) is 3. The molecule has 0 amide bonds. The second-order valence-corrected chi connectivity index (χ2v) is 6.30. The molecule has 2 rings (SSSR count). The molecular weight excluding hydrogens is 224 g/mol. The van der Waals surface area contributed by atoms with Crippen molar-refractivity contribution in [3.63, 3.8) is 0 Å². The highest BCUT2D eigenvalue weighted by molar-refractivity contribution is 5.34. The molecule has 4 nitrogen and oxygen atoms in total. The minimum Gasteiger partial charge on any atom is -0.341 e. The molecule has 0 radical (unpaired) electrons. The monoisotopic (exact) mass is 248 g/mol. The molecule has 100 valence electrons. The molecule has 0 aliphatic carbocycles. The minimum absolute atomic E-state index is 0.356. The van der Waals surface area contributed by atoms with Gasteiger partial charge in [-0.15, -0.1) is 0 Å². The van der Waals surface area contributed by atoms with Gasteiger partial charge in [0.1, 0.15) is 0 Å². The van der Waals surface area contributed by atoms with E-state index < -0.39 is 0 Å². The Morgan fingerprint density at radius 2 is 2.11 bits per heavy atom. The van der Waals surface area contributed by atoms with Gasteiger partial charge in [0.05, 0.1) is 5.69 Å². The maximum atomic E-state index is 5.67. The third-order valence-electron chi connectivity index (χ3n) is 3.80. The van der Waals surface area contributed by atoms with E-state index in [4.69, 9.17) is 5.73 Å². The fourth-order valence-electron chi connectivity index (χ4n) is 2.51. The molecule has 1 aromatic heterocycles. The number of anilines is 1. The molecule has 4 heteroatoms. The lowest BCUT2D eigenvalue weighted by Gasteiger charge is -2.27. The highest BCUT2D eigenvalue weighted by Gasteiger charge is 2.32. The van der Waals surface area contributed by atoms with Gasteiger partial charge in [-0.05, 0) is 30.7 Å². The molecule has 0 aromatic carbocycles. The topological polar surface area (TPSA) is 55.0 Å². The van der Waals surface area contributed by atoms with Crippen LogP contribution in [0.1, 0.15) is 38.6 Å². The Morgan fingerprint density at radius 1 is 1.39 bits per heavy atom. The molecule has 1 aliphatic heterocycles. The van der Waals surface area contributed by atoms with Crippen LogP contribution < -0.4 is 10.6 Å². The first-order valence-corrected chi connectivity index (χ1v) is 6.69. The fraction of sp³-hybridized carbons (Fsp3) is 0.714. The molecule has 0 saturated carbocycles. The van der Waals surface area contributed by atoms with Crippen molar-refractivity contribution in [1.82, 2.24) is 9.97 Å². The number of hydrogen-bond donors (Lipinski definition) is 1. The molecule has 2 N–H and O–H groups in total. The quantitative estimate of drug-likeness (QED) is 0.871. The Kier molecular flexibility index (Phi) is 3.57. The predicted molar refractivity (Wildman–Crippen MR) is 74.4 cm³/mol. The van der Waals surface area contributed by atoms with Gasteiger partial charge in [-0.3, -0.25) is 0 Å². The van der Waals surface area contributed by atoms with Crippen molar-refractivity contribution < 1.29 is 0 Å². The number of rotatable bonds is 2. The molecule has 1 saturated heterocycles. The van der Waals surface area contributed by atoms with Gasteiger partial charge in [0.25, 0.3) is 0 Å². The van der Waals surface area contributed by atoms with Gasteiger partial charge in [-0.1, -0.05) is 20.8 Å². The van der Waals surface area contributed by atoms with Crippen LogP contribution in [0.3, 0.4) is 0 Å². The maximum absolute atomic E-state index is 5.67.